The Morgan fingerprint density at radius 2 is 1.83 bits per heavy atom. The fourth-order valence-electron chi connectivity index (χ4n) is 1.66. The molecule has 0 bridgehead atoms. The normalized spacial score (nSPS) is 10.3. The molecule has 2 aromatic carbocycles. The number of phenols is 2. The van der Waals surface area contributed by atoms with Gasteiger partial charge in [-0.25, -0.2) is 0 Å². The summed E-state index contributed by atoms with van der Waals surface area (Å²) in [5.74, 6) is -0.183. The molecule has 0 aliphatic rings. The second kappa shape index (κ2) is 5.48. The summed E-state index contributed by atoms with van der Waals surface area (Å²) in [7, 11) is 0. The number of benzene rings is 2. The van der Waals surface area contributed by atoms with Gasteiger partial charge in [0, 0.05) is 15.8 Å². The number of aryl methyl sites for hydroxylation is 1. The molecule has 2 aromatic rings. The van der Waals surface area contributed by atoms with Crippen LogP contribution in [0.5, 0.6) is 11.5 Å². The molecular formula is C14H14INO2. The predicted molar refractivity (Wildman–Crippen MR) is 81.0 cm³/mol. The van der Waals surface area contributed by atoms with Crippen LogP contribution >= 0.6 is 22.6 Å². The van der Waals surface area contributed by atoms with Gasteiger partial charge >= 0.3 is 0 Å². The van der Waals surface area contributed by atoms with Crippen molar-refractivity contribution in [1.29, 1.82) is 0 Å². The van der Waals surface area contributed by atoms with E-state index in [2.05, 4.69) is 46.1 Å². The first kappa shape index (κ1) is 13.0. The van der Waals surface area contributed by atoms with E-state index in [1.807, 2.05) is 6.92 Å². The van der Waals surface area contributed by atoms with E-state index in [1.54, 1.807) is 12.1 Å². The van der Waals surface area contributed by atoms with Gasteiger partial charge in [-0.3, -0.25) is 0 Å². The highest BCUT2D eigenvalue weighted by molar-refractivity contribution is 14.1. The highest BCUT2D eigenvalue weighted by Crippen LogP contribution is 2.25. The van der Waals surface area contributed by atoms with E-state index in [0.29, 0.717) is 6.54 Å². The van der Waals surface area contributed by atoms with Crippen LogP contribution in [0.4, 0.5) is 5.69 Å². The van der Waals surface area contributed by atoms with Gasteiger partial charge in [-0.1, -0.05) is 12.1 Å². The van der Waals surface area contributed by atoms with Crippen LogP contribution in [0.15, 0.2) is 36.4 Å². The minimum absolute atomic E-state index is 0.0892. The summed E-state index contributed by atoms with van der Waals surface area (Å²) < 4.78 is 1.18. The zero-order valence-electron chi connectivity index (χ0n) is 9.94. The molecule has 0 aromatic heterocycles. The fraction of sp³-hybridized carbons (Fsp3) is 0.143. The minimum atomic E-state index is -0.0933. The third-order valence-corrected chi connectivity index (χ3v) is 3.39. The first-order chi connectivity index (χ1) is 8.56. The van der Waals surface area contributed by atoms with Crippen LogP contribution in [0.3, 0.4) is 0 Å². The average molecular weight is 355 g/mol. The van der Waals surface area contributed by atoms with Crippen LogP contribution in [-0.4, -0.2) is 10.2 Å². The van der Waals surface area contributed by atoms with Gasteiger partial charge in [0.1, 0.15) is 0 Å². The number of halogens is 1. The molecule has 3 N–H and O–H groups in total. The van der Waals surface area contributed by atoms with Crippen molar-refractivity contribution in [1.82, 2.24) is 0 Å². The van der Waals surface area contributed by atoms with Crippen LogP contribution < -0.4 is 5.32 Å². The molecule has 2 rings (SSSR count). The van der Waals surface area contributed by atoms with E-state index in [-0.39, 0.29) is 11.5 Å². The molecule has 0 saturated carbocycles. The average Bonchev–Trinajstić information content (AvgIpc) is 2.34. The van der Waals surface area contributed by atoms with Crippen LogP contribution in [0.1, 0.15) is 11.1 Å². The van der Waals surface area contributed by atoms with Gasteiger partial charge in [-0.05, 0) is 64.9 Å². The largest absolute Gasteiger partial charge is 0.504 e. The smallest absolute Gasteiger partial charge is 0.157 e. The Kier molecular flexibility index (Phi) is 3.96. The maximum Gasteiger partial charge on any atom is 0.157 e. The molecule has 0 atom stereocenters. The van der Waals surface area contributed by atoms with Crippen molar-refractivity contribution in [3.63, 3.8) is 0 Å². The van der Waals surface area contributed by atoms with Crippen LogP contribution in [0, 0.1) is 10.5 Å². The quantitative estimate of drug-likeness (QED) is 0.582. The monoisotopic (exact) mass is 355 g/mol. The summed E-state index contributed by atoms with van der Waals surface area (Å²) in [5, 5.41) is 22.0. The number of rotatable bonds is 3. The Morgan fingerprint density at radius 1 is 1.06 bits per heavy atom. The van der Waals surface area contributed by atoms with Crippen molar-refractivity contribution in [2.75, 3.05) is 5.32 Å². The lowest BCUT2D eigenvalue weighted by molar-refractivity contribution is 0.403. The van der Waals surface area contributed by atoms with Gasteiger partial charge in [0.05, 0.1) is 0 Å². The topological polar surface area (TPSA) is 52.5 Å². The van der Waals surface area contributed by atoms with E-state index in [4.69, 9.17) is 0 Å². The molecule has 0 saturated heterocycles. The second-order valence-electron chi connectivity index (χ2n) is 4.14. The van der Waals surface area contributed by atoms with Gasteiger partial charge in [0.25, 0.3) is 0 Å². The third-order valence-electron chi connectivity index (χ3n) is 2.72. The van der Waals surface area contributed by atoms with Crippen molar-refractivity contribution >= 4 is 28.3 Å². The Hall–Kier alpha value is -1.43. The molecule has 0 radical (unpaired) electrons. The van der Waals surface area contributed by atoms with Gasteiger partial charge < -0.3 is 15.5 Å². The molecular weight excluding hydrogens is 341 g/mol. The van der Waals surface area contributed by atoms with Crippen LogP contribution in [-0.2, 0) is 6.54 Å². The molecule has 0 spiro atoms. The van der Waals surface area contributed by atoms with Crippen molar-refractivity contribution in [3.05, 3.63) is 51.1 Å². The standard InChI is InChI=1S/C14H14INO2/c1-9-2-4-11(15)7-12(9)16-8-10-3-5-13(17)14(18)6-10/h2-7,16-18H,8H2,1H3. The molecule has 4 heteroatoms. The lowest BCUT2D eigenvalue weighted by Gasteiger charge is -2.10. The van der Waals surface area contributed by atoms with Crippen LogP contribution in [0.25, 0.3) is 0 Å². The van der Waals surface area contributed by atoms with Crippen molar-refractivity contribution in [2.45, 2.75) is 13.5 Å². The van der Waals surface area contributed by atoms with E-state index in [1.165, 1.54) is 15.2 Å². The fourth-order valence-corrected chi connectivity index (χ4v) is 2.15. The van der Waals surface area contributed by atoms with E-state index in [0.717, 1.165) is 11.3 Å². The molecule has 0 aliphatic carbocycles. The van der Waals surface area contributed by atoms with E-state index in [9.17, 15) is 10.2 Å². The summed E-state index contributed by atoms with van der Waals surface area (Å²) in [6.45, 7) is 2.65. The number of nitrogens with one attached hydrogen (secondary N) is 1. The number of aromatic hydroxyl groups is 2. The Balaban J connectivity index is 2.11. The summed E-state index contributed by atoms with van der Waals surface area (Å²) >= 11 is 2.27. The number of hydrogen-bond donors (Lipinski definition) is 3. The lowest BCUT2D eigenvalue weighted by atomic mass is 10.1. The molecule has 0 fully saturated rings. The highest BCUT2D eigenvalue weighted by Gasteiger charge is 2.02. The molecule has 0 amide bonds. The Morgan fingerprint density at radius 3 is 2.56 bits per heavy atom. The molecule has 18 heavy (non-hydrogen) atoms. The van der Waals surface area contributed by atoms with E-state index < -0.39 is 0 Å². The first-order valence-corrected chi connectivity index (χ1v) is 6.65. The predicted octanol–water partition coefficient (Wildman–Crippen LogP) is 3.62. The second-order valence-corrected chi connectivity index (χ2v) is 5.38. The Labute approximate surface area is 120 Å². The van der Waals surface area contributed by atoms with E-state index >= 15 is 0 Å². The number of anilines is 1. The minimum Gasteiger partial charge on any atom is -0.504 e. The van der Waals surface area contributed by atoms with Crippen LogP contribution in [0.2, 0.25) is 0 Å². The zero-order valence-corrected chi connectivity index (χ0v) is 12.1. The summed E-state index contributed by atoms with van der Waals surface area (Å²) in [5.41, 5.74) is 3.18. The highest BCUT2D eigenvalue weighted by atomic mass is 127. The number of phenolic OH excluding ortho intramolecular Hbond substituents is 2. The zero-order chi connectivity index (χ0) is 13.1. The molecule has 0 unspecified atom stereocenters. The van der Waals surface area contributed by atoms with Gasteiger partial charge in [-0.2, -0.15) is 0 Å². The molecule has 3 nitrogen and oxygen atoms in total. The van der Waals surface area contributed by atoms with Gasteiger partial charge in [-0.15, -0.1) is 0 Å². The lowest BCUT2D eigenvalue weighted by Crippen LogP contribution is -2.01. The SMILES string of the molecule is Cc1ccc(I)cc1NCc1ccc(O)c(O)c1. The molecule has 0 heterocycles. The maximum absolute atomic E-state index is 9.42. The van der Waals surface area contributed by atoms with Gasteiger partial charge in [0.15, 0.2) is 11.5 Å². The van der Waals surface area contributed by atoms with Crippen molar-refractivity contribution < 1.29 is 10.2 Å². The third kappa shape index (κ3) is 3.07. The number of hydrogen-bond acceptors (Lipinski definition) is 3. The van der Waals surface area contributed by atoms with Crippen molar-refractivity contribution in [2.24, 2.45) is 0 Å². The summed E-state index contributed by atoms with van der Waals surface area (Å²) in [6, 6.07) is 11.0. The first-order valence-electron chi connectivity index (χ1n) is 5.57. The maximum atomic E-state index is 9.42. The molecule has 0 aliphatic heterocycles. The van der Waals surface area contributed by atoms with Gasteiger partial charge in [0.2, 0.25) is 0 Å². The van der Waals surface area contributed by atoms with Crippen molar-refractivity contribution in [3.8, 4) is 11.5 Å². The summed E-state index contributed by atoms with van der Waals surface area (Å²) in [4.78, 5) is 0. The molecule has 94 valence electrons. The summed E-state index contributed by atoms with van der Waals surface area (Å²) in [6.07, 6.45) is 0. The Bertz CT molecular complexity index is 570.